The number of fused-ring (bicyclic) bond motifs is 1. The third-order valence-corrected chi connectivity index (χ3v) is 2.98. The van der Waals surface area contributed by atoms with Crippen LogP contribution in [0.4, 0.5) is 4.79 Å². The molecule has 0 fully saturated rings. The van der Waals surface area contributed by atoms with Crippen molar-refractivity contribution in [2.45, 2.75) is 19.3 Å². The lowest BCUT2D eigenvalue weighted by atomic mass is 10.2. The number of nitrogens with two attached hydrogens (primary N) is 1. The number of hydrogen-bond donors (Lipinski definition) is 2. The summed E-state index contributed by atoms with van der Waals surface area (Å²) >= 11 is 5.89. The topological polar surface area (TPSA) is 72.9 Å². The van der Waals surface area contributed by atoms with Crippen LogP contribution in [0.15, 0.2) is 18.2 Å². The molecule has 2 amide bonds. The van der Waals surface area contributed by atoms with E-state index in [0.717, 1.165) is 22.4 Å². The van der Waals surface area contributed by atoms with Gasteiger partial charge in [0.2, 0.25) is 0 Å². The first kappa shape index (κ1) is 12.7. The van der Waals surface area contributed by atoms with Crippen molar-refractivity contribution in [3.63, 3.8) is 0 Å². The summed E-state index contributed by atoms with van der Waals surface area (Å²) in [7, 11) is 0. The fourth-order valence-electron chi connectivity index (χ4n) is 1.93. The highest BCUT2D eigenvalue weighted by Gasteiger charge is 2.09. The lowest BCUT2D eigenvalue weighted by molar-refractivity contribution is 0.248. The summed E-state index contributed by atoms with van der Waals surface area (Å²) in [4.78, 5) is 15.1. The van der Waals surface area contributed by atoms with E-state index in [9.17, 15) is 4.79 Å². The van der Waals surface area contributed by atoms with E-state index in [4.69, 9.17) is 17.3 Å². The third-order valence-electron chi connectivity index (χ3n) is 2.74. The van der Waals surface area contributed by atoms with Crippen molar-refractivity contribution in [3.8, 4) is 0 Å². The molecule has 2 rings (SSSR count). The number of halogens is 1. The first-order valence-corrected chi connectivity index (χ1v) is 6.20. The maximum absolute atomic E-state index is 10.7. The van der Waals surface area contributed by atoms with E-state index in [2.05, 4.69) is 16.4 Å². The Balaban J connectivity index is 2.33. The molecule has 1 heterocycles. The lowest BCUT2D eigenvalue weighted by Gasteiger charge is -2.08. The van der Waals surface area contributed by atoms with Gasteiger partial charge >= 0.3 is 6.03 Å². The van der Waals surface area contributed by atoms with Gasteiger partial charge in [0.25, 0.3) is 0 Å². The fraction of sp³-hybridized carbons (Fsp3) is 0.333. The van der Waals surface area contributed by atoms with Crippen LogP contribution in [-0.2, 0) is 12.4 Å². The SMILES string of the molecule is Cc1ccc2nc(CCl)n(CCNC(N)=O)c2c1. The predicted molar refractivity (Wildman–Crippen MR) is 71.6 cm³/mol. The first-order chi connectivity index (χ1) is 8.61. The number of carbonyl (C=O) groups excluding carboxylic acids is 1. The molecule has 1 aromatic heterocycles. The van der Waals surface area contributed by atoms with Gasteiger partial charge in [0, 0.05) is 13.1 Å². The Bertz CT molecular complexity index is 579. The highest BCUT2D eigenvalue weighted by molar-refractivity contribution is 6.16. The molecule has 0 spiro atoms. The van der Waals surface area contributed by atoms with Crippen molar-refractivity contribution in [2.75, 3.05) is 6.54 Å². The number of nitrogens with one attached hydrogen (secondary N) is 1. The Hall–Kier alpha value is -1.75. The summed E-state index contributed by atoms with van der Waals surface area (Å²) in [5.41, 5.74) is 8.14. The summed E-state index contributed by atoms with van der Waals surface area (Å²) in [6, 6.07) is 5.52. The minimum atomic E-state index is -0.525. The van der Waals surface area contributed by atoms with Crippen LogP contribution in [0.5, 0.6) is 0 Å². The van der Waals surface area contributed by atoms with Gasteiger partial charge in [0.15, 0.2) is 0 Å². The normalized spacial score (nSPS) is 10.8. The number of carbonyl (C=O) groups is 1. The van der Waals surface area contributed by atoms with Crippen LogP contribution >= 0.6 is 11.6 Å². The number of rotatable bonds is 4. The van der Waals surface area contributed by atoms with Gasteiger partial charge in [-0.25, -0.2) is 9.78 Å². The van der Waals surface area contributed by atoms with Crippen molar-refractivity contribution >= 4 is 28.7 Å². The second-order valence-corrected chi connectivity index (χ2v) is 4.36. The van der Waals surface area contributed by atoms with Gasteiger partial charge in [0.1, 0.15) is 5.82 Å². The van der Waals surface area contributed by atoms with E-state index < -0.39 is 6.03 Å². The molecule has 2 aromatic rings. The summed E-state index contributed by atoms with van der Waals surface area (Å²) in [5, 5.41) is 2.56. The molecule has 0 aliphatic carbocycles. The Morgan fingerprint density at radius 2 is 2.33 bits per heavy atom. The molecule has 1 aromatic carbocycles. The van der Waals surface area contributed by atoms with Gasteiger partial charge in [0.05, 0.1) is 16.9 Å². The molecule has 0 atom stereocenters. The van der Waals surface area contributed by atoms with E-state index >= 15 is 0 Å². The van der Waals surface area contributed by atoms with Gasteiger partial charge in [-0.1, -0.05) is 6.07 Å². The Kier molecular flexibility index (Phi) is 3.72. The second-order valence-electron chi connectivity index (χ2n) is 4.10. The predicted octanol–water partition coefficient (Wildman–Crippen LogP) is 1.75. The maximum atomic E-state index is 10.7. The highest BCUT2D eigenvalue weighted by Crippen LogP contribution is 2.18. The average Bonchev–Trinajstić information content (AvgIpc) is 2.66. The number of hydrogen-bond acceptors (Lipinski definition) is 2. The van der Waals surface area contributed by atoms with E-state index in [1.807, 2.05) is 23.6 Å². The molecule has 0 unspecified atom stereocenters. The lowest BCUT2D eigenvalue weighted by Crippen LogP contribution is -2.32. The molecule has 0 aliphatic rings. The number of benzene rings is 1. The molecule has 96 valence electrons. The molecule has 0 saturated heterocycles. The molecule has 3 N–H and O–H groups in total. The molecule has 0 saturated carbocycles. The number of aryl methyl sites for hydroxylation is 1. The van der Waals surface area contributed by atoms with Crippen molar-refractivity contribution in [1.29, 1.82) is 0 Å². The van der Waals surface area contributed by atoms with E-state index in [-0.39, 0.29) is 0 Å². The van der Waals surface area contributed by atoms with Crippen LogP contribution < -0.4 is 11.1 Å². The molecule has 6 heteroatoms. The third kappa shape index (κ3) is 2.56. The van der Waals surface area contributed by atoms with Crippen LogP contribution in [0, 0.1) is 6.92 Å². The van der Waals surface area contributed by atoms with E-state index in [1.54, 1.807) is 0 Å². The number of imidazole rings is 1. The average molecular weight is 267 g/mol. The first-order valence-electron chi connectivity index (χ1n) is 5.67. The van der Waals surface area contributed by atoms with Crippen LogP contribution in [0.2, 0.25) is 0 Å². The molecule has 0 aliphatic heterocycles. The standard InChI is InChI=1S/C12H15ClN4O/c1-8-2-3-9-10(6-8)17(11(7-13)16-9)5-4-15-12(14)18/h2-3,6H,4-5,7H2,1H3,(H3,14,15,18). The van der Waals surface area contributed by atoms with Crippen LogP contribution in [-0.4, -0.2) is 22.1 Å². The van der Waals surface area contributed by atoms with Gasteiger partial charge in [-0.15, -0.1) is 11.6 Å². The molecule has 5 nitrogen and oxygen atoms in total. The molecule has 0 radical (unpaired) electrons. The summed E-state index contributed by atoms with van der Waals surface area (Å²) in [6.07, 6.45) is 0. The Morgan fingerprint density at radius 3 is 3.00 bits per heavy atom. The molecular formula is C12H15ClN4O. The zero-order valence-electron chi connectivity index (χ0n) is 10.1. The summed E-state index contributed by atoms with van der Waals surface area (Å²) in [5.74, 6) is 1.13. The zero-order valence-corrected chi connectivity index (χ0v) is 10.9. The number of urea groups is 1. The zero-order chi connectivity index (χ0) is 13.1. The minimum absolute atomic E-state index is 0.338. The highest BCUT2D eigenvalue weighted by atomic mass is 35.5. The minimum Gasteiger partial charge on any atom is -0.352 e. The molecular weight excluding hydrogens is 252 g/mol. The Morgan fingerprint density at radius 1 is 1.56 bits per heavy atom. The van der Waals surface area contributed by atoms with Crippen LogP contribution in [0.3, 0.4) is 0 Å². The second kappa shape index (κ2) is 5.27. The van der Waals surface area contributed by atoms with Gasteiger partial charge in [-0.05, 0) is 24.6 Å². The van der Waals surface area contributed by atoms with Crippen molar-refractivity contribution in [3.05, 3.63) is 29.6 Å². The number of alkyl halides is 1. The maximum Gasteiger partial charge on any atom is 0.312 e. The number of primary amides is 1. The van der Waals surface area contributed by atoms with Crippen molar-refractivity contribution < 1.29 is 4.79 Å². The smallest absolute Gasteiger partial charge is 0.312 e. The van der Waals surface area contributed by atoms with Crippen LogP contribution in [0.1, 0.15) is 11.4 Å². The number of amides is 2. The quantitative estimate of drug-likeness (QED) is 0.828. The van der Waals surface area contributed by atoms with E-state index in [1.165, 1.54) is 0 Å². The molecule has 18 heavy (non-hydrogen) atoms. The monoisotopic (exact) mass is 266 g/mol. The van der Waals surface area contributed by atoms with Crippen molar-refractivity contribution in [2.24, 2.45) is 5.73 Å². The number of nitrogens with zero attached hydrogens (tertiary/aromatic N) is 2. The van der Waals surface area contributed by atoms with Crippen molar-refractivity contribution in [1.82, 2.24) is 14.9 Å². The van der Waals surface area contributed by atoms with Gasteiger partial charge in [-0.3, -0.25) is 0 Å². The Labute approximate surface area is 110 Å². The number of aromatic nitrogens is 2. The largest absolute Gasteiger partial charge is 0.352 e. The molecule has 0 bridgehead atoms. The van der Waals surface area contributed by atoms with Gasteiger partial charge in [-0.2, -0.15) is 0 Å². The van der Waals surface area contributed by atoms with Gasteiger partial charge < -0.3 is 15.6 Å². The fourth-order valence-corrected chi connectivity index (χ4v) is 2.13. The van der Waals surface area contributed by atoms with E-state index in [0.29, 0.717) is 19.0 Å². The van der Waals surface area contributed by atoms with Crippen LogP contribution in [0.25, 0.3) is 11.0 Å². The summed E-state index contributed by atoms with van der Waals surface area (Å²) < 4.78 is 2.01. The summed E-state index contributed by atoms with van der Waals surface area (Å²) in [6.45, 7) is 3.09.